The molecule has 1 aromatic heterocycles. The van der Waals surface area contributed by atoms with Crippen molar-refractivity contribution in [3.05, 3.63) is 46.6 Å². The smallest absolute Gasteiger partial charge is 0.406 e. The zero-order chi connectivity index (χ0) is 20.6. The van der Waals surface area contributed by atoms with E-state index in [-0.39, 0.29) is 11.2 Å². The van der Waals surface area contributed by atoms with Crippen LogP contribution in [0.5, 0.6) is 5.75 Å². The topological polar surface area (TPSA) is 63.7 Å². The molecule has 1 N–H and O–H groups in total. The Labute approximate surface area is 173 Å². The summed E-state index contributed by atoms with van der Waals surface area (Å²) in [7, 11) is 0. The summed E-state index contributed by atoms with van der Waals surface area (Å²) in [6.45, 7) is 3.30. The Morgan fingerprint density at radius 3 is 2.55 bits per heavy atom. The Bertz CT molecular complexity index is 917. The van der Waals surface area contributed by atoms with Gasteiger partial charge in [-0.1, -0.05) is 0 Å². The molecule has 2 aliphatic heterocycles. The van der Waals surface area contributed by atoms with Crippen molar-refractivity contribution in [2.24, 2.45) is 5.41 Å². The van der Waals surface area contributed by atoms with Gasteiger partial charge in [-0.2, -0.15) is 0 Å². The van der Waals surface area contributed by atoms with Crippen molar-refractivity contribution in [2.75, 3.05) is 36.5 Å². The highest BCUT2D eigenvalue weighted by atomic mass is 79.9. The third-order valence-electron chi connectivity index (χ3n) is 4.98. The van der Waals surface area contributed by atoms with Crippen LogP contribution < -0.4 is 15.0 Å². The van der Waals surface area contributed by atoms with Crippen LogP contribution in [0.1, 0.15) is 16.8 Å². The minimum atomic E-state index is -4.76. The number of amides is 1. The van der Waals surface area contributed by atoms with Crippen molar-refractivity contribution in [2.45, 2.75) is 12.8 Å². The third-order valence-corrected chi connectivity index (χ3v) is 5.57. The van der Waals surface area contributed by atoms with Gasteiger partial charge in [-0.05, 0) is 52.7 Å². The zero-order valence-electron chi connectivity index (χ0n) is 15.1. The fraction of sp³-hybridized carbons (Fsp3) is 0.368. The van der Waals surface area contributed by atoms with Gasteiger partial charge in [-0.3, -0.25) is 4.79 Å². The lowest BCUT2D eigenvalue weighted by Gasteiger charge is -2.37. The fourth-order valence-electron chi connectivity index (χ4n) is 3.47. The number of nitrogens with zero attached hydrogens (tertiary/aromatic N) is 2. The minimum Gasteiger partial charge on any atom is -0.406 e. The van der Waals surface area contributed by atoms with Crippen molar-refractivity contribution < 1.29 is 27.4 Å². The zero-order valence-corrected chi connectivity index (χ0v) is 16.7. The first-order valence-corrected chi connectivity index (χ1v) is 9.68. The quantitative estimate of drug-likeness (QED) is 0.722. The Balaban J connectivity index is 1.41. The number of ether oxygens (including phenoxy) is 2. The monoisotopic (exact) mass is 471 g/mol. The van der Waals surface area contributed by atoms with Crippen LogP contribution in [0.3, 0.4) is 0 Å². The molecule has 0 aliphatic carbocycles. The summed E-state index contributed by atoms with van der Waals surface area (Å²) in [6.07, 6.45) is -2.22. The first kappa shape index (κ1) is 20.0. The Morgan fingerprint density at radius 1 is 1.28 bits per heavy atom. The molecule has 0 saturated carbocycles. The van der Waals surface area contributed by atoms with E-state index in [1.807, 2.05) is 0 Å². The summed E-state index contributed by atoms with van der Waals surface area (Å²) in [4.78, 5) is 19.1. The molecule has 1 aromatic carbocycles. The number of anilines is 2. The summed E-state index contributed by atoms with van der Waals surface area (Å²) in [6, 6.07) is 6.61. The number of benzene rings is 1. The maximum Gasteiger partial charge on any atom is 0.573 e. The third kappa shape index (κ3) is 4.48. The second-order valence-corrected chi connectivity index (χ2v) is 8.07. The Hall–Kier alpha value is -2.33. The number of carbonyl (C=O) groups is 1. The van der Waals surface area contributed by atoms with Gasteiger partial charge in [0, 0.05) is 30.4 Å². The van der Waals surface area contributed by atoms with Crippen LogP contribution >= 0.6 is 15.9 Å². The van der Waals surface area contributed by atoms with Gasteiger partial charge in [-0.25, -0.2) is 4.98 Å². The Kier molecular flexibility index (Phi) is 5.16. The van der Waals surface area contributed by atoms with Crippen molar-refractivity contribution in [1.82, 2.24) is 4.98 Å². The number of pyridine rings is 1. The molecule has 2 aromatic rings. The predicted octanol–water partition coefficient (Wildman–Crippen LogP) is 4.22. The van der Waals surface area contributed by atoms with Gasteiger partial charge in [0.1, 0.15) is 11.6 Å². The van der Waals surface area contributed by atoms with Gasteiger partial charge in [0.15, 0.2) is 0 Å². The second kappa shape index (κ2) is 7.49. The van der Waals surface area contributed by atoms with Crippen LogP contribution in [0, 0.1) is 5.41 Å². The minimum absolute atomic E-state index is 0.221. The molecule has 2 saturated heterocycles. The summed E-state index contributed by atoms with van der Waals surface area (Å²) in [5.74, 6) is 0.00279. The molecule has 4 rings (SSSR count). The van der Waals surface area contributed by atoms with Crippen LogP contribution in [0.4, 0.5) is 24.7 Å². The van der Waals surface area contributed by atoms with E-state index in [0.29, 0.717) is 15.7 Å². The van der Waals surface area contributed by atoms with Gasteiger partial charge in [0.25, 0.3) is 5.91 Å². The predicted molar refractivity (Wildman–Crippen MR) is 103 cm³/mol. The lowest BCUT2D eigenvalue weighted by atomic mass is 9.85. The molecule has 2 fully saturated rings. The molecule has 6 nitrogen and oxygen atoms in total. The van der Waals surface area contributed by atoms with Crippen LogP contribution in [0.15, 0.2) is 41.0 Å². The van der Waals surface area contributed by atoms with Crippen molar-refractivity contribution in [1.29, 1.82) is 0 Å². The van der Waals surface area contributed by atoms with Gasteiger partial charge >= 0.3 is 6.36 Å². The summed E-state index contributed by atoms with van der Waals surface area (Å²) in [5.41, 5.74) is 0.896. The normalized spacial score (nSPS) is 17.9. The first-order valence-electron chi connectivity index (χ1n) is 8.89. The molecular weight excluding hydrogens is 455 g/mol. The Morgan fingerprint density at radius 2 is 2.00 bits per heavy atom. The molecule has 10 heteroatoms. The second-order valence-electron chi connectivity index (χ2n) is 7.22. The van der Waals surface area contributed by atoms with E-state index in [4.69, 9.17) is 4.74 Å². The number of halogens is 4. The number of hydrogen-bond acceptors (Lipinski definition) is 5. The van der Waals surface area contributed by atoms with E-state index in [1.54, 1.807) is 6.07 Å². The highest BCUT2D eigenvalue weighted by Crippen LogP contribution is 2.40. The molecule has 3 heterocycles. The largest absolute Gasteiger partial charge is 0.573 e. The van der Waals surface area contributed by atoms with Crippen molar-refractivity contribution >= 4 is 33.3 Å². The SMILES string of the molecule is O=C(Nc1ccc(OC(F)(F)F)cc1)c1cnc(N2CCC3(COC3)C2)c(Br)c1. The molecule has 2 aliphatic rings. The standard InChI is InChI=1S/C19H17BrF3N3O3/c20-15-7-12(8-24-16(15)26-6-5-18(9-26)10-28-11-18)17(27)25-13-1-3-14(4-2-13)29-19(21,22)23/h1-4,7-8H,5-6,9-11H2,(H,25,27). The molecule has 0 atom stereocenters. The molecule has 1 spiro atoms. The average molecular weight is 472 g/mol. The molecule has 0 radical (unpaired) electrons. The van der Waals surface area contributed by atoms with E-state index < -0.39 is 12.3 Å². The number of carbonyl (C=O) groups excluding carboxylic acids is 1. The maximum atomic E-state index is 12.5. The lowest BCUT2D eigenvalue weighted by molar-refractivity contribution is -0.274. The number of rotatable bonds is 4. The summed E-state index contributed by atoms with van der Waals surface area (Å²) >= 11 is 3.49. The molecule has 1 amide bonds. The number of hydrogen-bond donors (Lipinski definition) is 1. The number of alkyl halides is 3. The average Bonchev–Trinajstić information content (AvgIpc) is 3.08. The number of nitrogens with one attached hydrogen (secondary N) is 1. The van der Waals surface area contributed by atoms with E-state index in [2.05, 4.69) is 35.9 Å². The fourth-order valence-corrected chi connectivity index (χ4v) is 4.07. The lowest BCUT2D eigenvalue weighted by Crippen LogP contribution is -2.44. The molecule has 0 unspecified atom stereocenters. The molecule has 0 bridgehead atoms. The molecule has 29 heavy (non-hydrogen) atoms. The van der Waals surface area contributed by atoms with Gasteiger partial charge in [-0.15, -0.1) is 13.2 Å². The van der Waals surface area contributed by atoms with Crippen LogP contribution in [0.2, 0.25) is 0 Å². The highest BCUT2D eigenvalue weighted by Gasteiger charge is 2.45. The summed E-state index contributed by atoms with van der Waals surface area (Å²) < 4.78 is 46.5. The summed E-state index contributed by atoms with van der Waals surface area (Å²) in [5, 5.41) is 2.63. The van der Waals surface area contributed by atoms with Gasteiger partial charge < -0.3 is 19.7 Å². The van der Waals surface area contributed by atoms with Crippen LogP contribution in [-0.4, -0.2) is 43.6 Å². The molecular formula is C19H17BrF3N3O3. The van der Waals surface area contributed by atoms with E-state index in [9.17, 15) is 18.0 Å². The van der Waals surface area contributed by atoms with Crippen molar-refractivity contribution in [3.63, 3.8) is 0 Å². The maximum absolute atomic E-state index is 12.5. The van der Waals surface area contributed by atoms with Gasteiger partial charge in [0.05, 0.1) is 23.2 Å². The van der Waals surface area contributed by atoms with Gasteiger partial charge in [0.2, 0.25) is 0 Å². The van der Waals surface area contributed by atoms with E-state index in [1.165, 1.54) is 18.3 Å². The van der Waals surface area contributed by atoms with E-state index >= 15 is 0 Å². The molecule has 154 valence electrons. The number of aromatic nitrogens is 1. The van der Waals surface area contributed by atoms with E-state index in [0.717, 1.165) is 50.7 Å². The van der Waals surface area contributed by atoms with Crippen LogP contribution in [-0.2, 0) is 4.74 Å². The van der Waals surface area contributed by atoms with Crippen molar-refractivity contribution in [3.8, 4) is 5.75 Å². The first-order chi connectivity index (χ1) is 13.7. The highest BCUT2D eigenvalue weighted by molar-refractivity contribution is 9.10. The van der Waals surface area contributed by atoms with Crippen LogP contribution in [0.25, 0.3) is 0 Å².